The van der Waals surface area contributed by atoms with Gasteiger partial charge in [0.05, 0.1) is 6.10 Å². The van der Waals surface area contributed by atoms with E-state index in [-0.39, 0.29) is 6.10 Å². The Bertz CT molecular complexity index is 200. The summed E-state index contributed by atoms with van der Waals surface area (Å²) >= 11 is 0. The van der Waals surface area contributed by atoms with Gasteiger partial charge in [0.25, 0.3) is 0 Å². The summed E-state index contributed by atoms with van der Waals surface area (Å²) in [5, 5.41) is 9.67. The van der Waals surface area contributed by atoms with Gasteiger partial charge in [-0.05, 0) is 31.6 Å². The average Bonchev–Trinajstić information content (AvgIpc) is 2.38. The van der Waals surface area contributed by atoms with Crippen LogP contribution in [0.15, 0.2) is 0 Å². The molecule has 1 aliphatic carbocycles. The normalized spacial score (nSPS) is 58.0. The molecule has 2 heteroatoms. The zero-order valence-electron chi connectivity index (χ0n) is 7.61. The molecule has 0 aromatic heterocycles. The lowest BCUT2D eigenvalue weighted by Crippen LogP contribution is -2.35. The first-order valence-electron chi connectivity index (χ1n) is 5.18. The van der Waals surface area contributed by atoms with E-state index in [1.165, 1.54) is 25.9 Å². The van der Waals surface area contributed by atoms with Crippen LogP contribution in [0.1, 0.15) is 19.8 Å². The second kappa shape index (κ2) is 2.24. The Morgan fingerprint density at radius 1 is 1.33 bits per heavy atom. The van der Waals surface area contributed by atoms with E-state index in [0.717, 1.165) is 17.9 Å². The Balaban J connectivity index is 1.90. The van der Waals surface area contributed by atoms with Crippen LogP contribution in [0.25, 0.3) is 0 Å². The first kappa shape index (κ1) is 7.34. The average molecular weight is 167 g/mol. The van der Waals surface area contributed by atoms with E-state index in [2.05, 4.69) is 4.90 Å². The van der Waals surface area contributed by atoms with Crippen molar-refractivity contribution in [2.75, 3.05) is 13.1 Å². The first-order valence-corrected chi connectivity index (χ1v) is 5.18. The Morgan fingerprint density at radius 3 is 2.83 bits per heavy atom. The molecule has 0 spiro atoms. The van der Waals surface area contributed by atoms with Gasteiger partial charge in [-0.15, -0.1) is 0 Å². The van der Waals surface area contributed by atoms with Gasteiger partial charge in [0.15, 0.2) is 0 Å². The van der Waals surface area contributed by atoms with Gasteiger partial charge in [-0.3, -0.25) is 4.90 Å². The molecule has 68 valence electrons. The van der Waals surface area contributed by atoms with Crippen LogP contribution in [0.2, 0.25) is 0 Å². The molecule has 1 saturated carbocycles. The summed E-state index contributed by atoms with van der Waals surface area (Å²) < 4.78 is 0. The SMILES string of the molecule is CC(O)C1C2CC3CC1N(C3)C2. The molecule has 0 aromatic carbocycles. The minimum Gasteiger partial charge on any atom is -0.393 e. The fraction of sp³-hybridized carbons (Fsp3) is 1.00. The van der Waals surface area contributed by atoms with Gasteiger partial charge in [0, 0.05) is 25.0 Å². The molecule has 3 aliphatic heterocycles. The standard InChI is InChI=1S/C10H17NO/c1-6(12)10-8-2-7-3-9(10)11(4-7)5-8/h6-10,12H,2-5H2,1H3. The van der Waals surface area contributed by atoms with E-state index < -0.39 is 0 Å². The van der Waals surface area contributed by atoms with Crippen molar-refractivity contribution in [1.29, 1.82) is 0 Å². The van der Waals surface area contributed by atoms with Gasteiger partial charge in [-0.2, -0.15) is 0 Å². The van der Waals surface area contributed by atoms with Crippen LogP contribution in [-0.4, -0.2) is 35.2 Å². The van der Waals surface area contributed by atoms with Crippen LogP contribution in [-0.2, 0) is 0 Å². The second-order valence-corrected chi connectivity index (χ2v) is 4.94. The van der Waals surface area contributed by atoms with E-state index in [4.69, 9.17) is 0 Å². The van der Waals surface area contributed by atoms with Crippen LogP contribution in [0.3, 0.4) is 0 Å². The summed E-state index contributed by atoms with van der Waals surface area (Å²) in [7, 11) is 0. The molecule has 0 amide bonds. The molecule has 4 aliphatic rings. The number of aliphatic hydroxyl groups excluding tert-OH is 1. The fourth-order valence-corrected chi connectivity index (χ4v) is 3.93. The topological polar surface area (TPSA) is 23.5 Å². The molecule has 4 rings (SSSR count). The van der Waals surface area contributed by atoms with Crippen LogP contribution >= 0.6 is 0 Å². The highest BCUT2D eigenvalue weighted by molar-refractivity contribution is 5.06. The van der Waals surface area contributed by atoms with Gasteiger partial charge in [0.1, 0.15) is 0 Å². The highest BCUT2D eigenvalue weighted by atomic mass is 16.3. The monoisotopic (exact) mass is 167 g/mol. The third-order valence-corrected chi connectivity index (χ3v) is 4.19. The van der Waals surface area contributed by atoms with Crippen molar-refractivity contribution in [2.24, 2.45) is 17.8 Å². The van der Waals surface area contributed by atoms with Crippen molar-refractivity contribution in [2.45, 2.75) is 31.9 Å². The maximum Gasteiger partial charge on any atom is 0.0558 e. The molecule has 4 fully saturated rings. The Hall–Kier alpha value is -0.0800. The van der Waals surface area contributed by atoms with Crippen LogP contribution < -0.4 is 0 Å². The first-order chi connectivity index (χ1) is 5.75. The van der Waals surface area contributed by atoms with E-state index in [1.54, 1.807) is 0 Å². The Labute approximate surface area is 73.6 Å². The van der Waals surface area contributed by atoms with Gasteiger partial charge in [-0.25, -0.2) is 0 Å². The lowest BCUT2D eigenvalue weighted by Gasteiger charge is -2.32. The van der Waals surface area contributed by atoms with Gasteiger partial charge < -0.3 is 5.11 Å². The maximum absolute atomic E-state index is 9.67. The summed E-state index contributed by atoms with van der Waals surface area (Å²) in [5.74, 6) is 2.40. The number of piperidine rings is 1. The quantitative estimate of drug-likeness (QED) is 0.621. The highest BCUT2D eigenvalue weighted by Gasteiger charge is 2.53. The van der Waals surface area contributed by atoms with Crippen molar-refractivity contribution in [3.05, 3.63) is 0 Å². The molecule has 0 aromatic rings. The van der Waals surface area contributed by atoms with Crippen LogP contribution in [0.5, 0.6) is 0 Å². The van der Waals surface area contributed by atoms with Crippen molar-refractivity contribution in [3.63, 3.8) is 0 Å². The summed E-state index contributed by atoms with van der Waals surface area (Å²) in [6, 6.07) is 0.744. The molecular formula is C10H17NO. The van der Waals surface area contributed by atoms with Crippen LogP contribution in [0.4, 0.5) is 0 Å². The minimum atomic E-state index is -0.0796. The molecular weight excluding hydrogens is 150 g/mol. The third kappa shape index (κ3) is 0.775. The zero-order valence-corrected chi connectivity index (χ0v) is 7.61. The number of hydrogen-bond acceptors (Lipinski definition) is 2. The largest absolute Gasteiger partial charge is 0.393 e. The number of hydrogen-bond donors (Lipinski definition) is 1. The van der Waals surface area contributed by atoms with Crippen molar-refractivity contribution in [1.82, 2.24) is 4.90 Å². The Kier molecular flexibility index (Phi) is 1.37. The predicted molar refractivity (Wildman–Crippen MR) is 46.7 cm³/mol. The molecule has 1 N–H and O–H groups in total. The Morgan fingerprint density at radius 2 is 2.17 bits per heavy atom. The van der Waals surface area contributed by atoms with Gasteiger partial charge in [0.2, 0.25) is 0 Å². The molecule has 3 saturated heterocycles. The minimum absolute atomic E-state index is 0.0796. The summed E-state index contributed by atoms with van der Waals surface area (Å²) in [4.78, 5) is 2.61. The van der Waals surface area contributed by atoms with E-state index >= 15 is 0 Å². The number of nitrogens with zero attached hydrogens (tertiary/aromatic N) is 1. The molecule has 3 heterocycles. The van der Waals surface area contributed by atoms with Crippen molar-refractivity contribution >= 4 is 0 Å². The van der Waals surface area contributed by atoms with E-state index in [0.29, 0.717) is 5.92 Å². The molecule has 4 bridgehead atoms. The van der Waals surface area contributed by atoms with Crippen LogP contribution in [0, 0.1) is 17.8 Å². The zero-order chi connectivity index (χ0) is 8.29. The lowest BCUT2D eigenvalue weighted by molar-refractivity contribution is 0.0692. The van der Waals surface area contributed by atoms with Gasteiger partial charge in [-0.1, -0.05) is 0 Å². The molecule has 2 nitrogen and oxygen atoms in total. The summed E-state index contributed by atoms with van der Waals surface area (Å²) in [5.41, 5.74) is 0. The molecule has 6 atom stereocenters. The maximum atomic E-state index is 9.67. The number of aliphatic hydroxyl groups is 1. The smallest absolute Gasteiger partial charge is 0.0558 e. The molecule has 6 unspecified atom stereocenters. The molecule has 12 heavy (non-hydrogen) atoms. The summed E-state index contributed by atoms with van der Waals surface area (Å²) in [6.07, 6.45) is 2.68. The predicted octanol–water partition coefficient (Wildman–Crippen LogP) is 0.707. The molecule has 0 radical (unpaired) electrons. The van der Waals surface area contributed by atoms with Gasteiger partial charge >= 0.3 is 0 Å². The second-order valence-electron chi connectivity index (χ2n) is 4.94. The summed E-state index contributed by atoms with van der Waals surface area (Å²) in [6.45, 7) is 4.57. The van der Waals surface area contributed by atoms with Crippen molar-refractivity contribution < 1.29 is 5.11 Å². The fourth-order valence-electron chi connectivity index (χ4n) is 3.93. The highest BCUT2D eigenvalue weighted by Crippen LogP contribution is 2.50. The van der Waals surface area contributed by atoms with Crippen molar-refractivity contribution in [3.8, 4) is 0 Å². The van der Waals surface area contributed by atoms with E-state index in [1.807, 2.05) is 6.92 Å². The number of rotatable bonds is 1. The van der Waals surface area contributed by atoms with E-state index in [9.17, 15) is 5.11 Å². The lowest BCUT2D eigenvalue weighted by atomic mass is 9.73. The third-order valence-electron chi connectivity index (χ3n) is 4.19.